The molecule has 2 atom stereocenters. The molecule has 5 rings (SSSR count). The van der Waals surface area contributed by atoms with E-state index in [-0.39, 0.29) is 6.04 Å². The summed E-state index contributed by atoms with van der Waals surface area (Å²) >= 11 is 6.53. The molecule has 0 radical (unpaired) electrons. The summed E-state index contributed by atoms with van der Waals surface area (Å²) in [7, 11) is 0. The van der Waals surface area contributed by atoms with Gasteiger partial charge in [0.2, 0.25) is 6.23 Å². The molecule has 2 aliphatic heterocycles. The van der Waals surface area contributed by atoms with Gasteiger partial charge in [-0.3, -0.25) is 0 Å². The maximum atomic E-state index is 6.53. The smallest absolute Gasteiger partial charge is 0.215 e. The summed E-state index contributed by atoms with van der Waals surface area (Å²) < 4.78 is 18.2. The van der Waals surface area contributed by atoms with Crippen LogP contribution in [0.1, 0.15) is 48.3 Å². The van der Waals surface area contributed by atoms with Crippen LogP contribution >= 0.6 is 11.6 Å². The first kappa shape index (κ1) is 18.1. The number of nitrogens with zero attached hydrogens (tertiary/aromatic N) is 2. The van der Waals surface area contributed by atoms with Gasteiger partial charge in [0.15, 0.2) is 11.5 Å². The highest BCUT2D eigenvalue weighted by Gasteiger charge is 2.43. The van der Waals surface area contributed by atoms with Crippen molar-refractivity contribution in [1.29, 1.82) is 0 Å². The van der Waals surface area contributed by atoms with Crippen molar-refractivity contribution in [3.8, 4) is 11.5 Å². The number of furan rings is 1. The van der Waals surface area contributed by atoms with Gasteiger partial charge in [0.05, 0.1) is 12.6 Å². The molecule has 0 saturated heterocycles. The van der Waals surface area contributed by atoms with Gasteiger partial charge in [-0.25, -0.2) is 5.01 Å². The van der Waals surface area contributed by atoms with Crippen LogP contribution in [0.4, 0.5) is 0 Å². The van der Waals surface area contributed by atoms with Crippen molar-refractivity contribution in [2.75, 3.05) is 6.61 Å². The lowest BCUT2D eigenvalue weighted by molar-refractivity contribution is -0.0211. The maximum Gasteiger partial charge on any atom is 0.215 e. The number of rotatable bonds is 4. The number of halogens is 1. The Kier molecular flexibility index (Phi) is 4.47. The first-order valence-corrected chi connectivity index (χ1v) is 10.1. The molecule has 29 heavy (non-hydrogen) atoms. The van der Waals surface area contributed by atoms with Crippen LogP contribution in [0.3, 0.4) is 0 Å². The molecule has 0 fully saturated rings. The van der Waals surface area contributed by atoms with Gasteiger partial charge in [0.25, 0.3) is 0 Å². The molecule has 0 saturated carbocycles. The zero-order valence-corrected chi connectivity index (χ0v) is 17.0. The van der Waals surface area contributed by atoms with Crippen LogP contribution in [-0.4, -0.2) is 17.3 Å². The minimum absolute atomic E-state index is 0.0147. The molecule has 3 aromatic rings. The summed E-state index contributed by atoms with van der Waals surface area (Å²) in [6.07, 6.45) is 0.274. The number of hydrogen-bond donors (Lipinski definition) is 0. The normalized spacial score (nSPS) is 20.0. The molecule has 0 bridgehead atoms. The standard InChI is InChI=1S/C23H21ClN2O3/c1-3-27-21-10-6-8-16-19-13-18(20-12-11-14(2)28-20)25-26(19)23(29-22(16)21)15-7-4-5-9-17(15)24/h4-12,19,23H,3,13H2,1-2H3/t19-,23-/m1/s1. The van der Waals surface area contributed by atoms with Crippen LogP contribution < -0.4 is 9.47 Å². The quantitative estimate of drug-likeness (QED) is 0.540. The fourth-order valence-corrected chi connectivity index (χ4v) is 4.20. The Morgan fingerprint density at radius 2 is 1.93 bits per heavy atom. The van der Waals surface area contributed by atoms with Crippen molar-refractivity contribution >= 4 is 17.3 Å². The Morgan fingerprint density at radius 1 is 1.10 bits per heavy atom. The number of para-hydroxylation sites is 1. The SMILES string of the molecule is CCOc1cccc2c1O[C@H](c1ccccc1Cl)N1N=C(c3ccc(C)o3)C[C@H]21. The predicted octanol–water partition coefficient (Wildman–Crippen LogP) is 5.88. The van der Waals surface area contributed by atoms with Crippen LogP contribution in [0.25, 0.3) is 0 Å². The van der Waals surface area contributed by atoms with E-state index in [0.29, 0.717) is 11.6 Å². The molecule has 2 aliphatic rings. The highest BCUT2D eigenvalue weighted by atomic mass is 35.5. The summed E-state index contributed by atoms with van der Waals surface area (Å²) in [5, 5.41) is 7.54. The topological polar surface area (TPSA) is 47.2 Å². The molecular formula is C23H21ClN2O3. The number of hydrazone groups is 1. The van der Waals surface area contributed by atoms with Crippen molar-refractivity contribution in [2.45, 2.75) is 32.5 Å². The molecule has 0 N–H and O–H groups in total. The van der Waals surface area contributed by atoms with Crippen LogP contribution in [0.2, 0.25) is 5.02 Å². The molecule has 2 aromatic carbocycles. The minimum atomic E-state index is -0.448. The summed E-state index contributed by atoms with van der Waals surface area (Å²) in [5.74, 6) is 3.15. The van der Waals surface area contributed by atoms with Crippen molar-refractivity contribution in [3.05, 3.63) is 82.3 Å². The predicted molar refractivity (Wildman–Crippen MR) is 112 cm³/mol. The second kappa shape index (κ2) is 7.16. The fourth-order valence-electron chi connectivity index (χ4n) is 3.97. The van der Waals surface area contributed by atoms with Crippen LogP contribution in [0, 0.1) is 6.92 Å². The van der Waals surface area contributed by atoms with E-state index in [1.807, 2.05) is 67.4 Å². The molecule has 148 valence electrons. The molecular weight excluding hydrogens is 388 g/mol. The zero-order valence-electron chi connectivity index (χ0n) is 16.3. The van der Waals surface area contributed by atoms with E-state index in [2.05, 4.69) is 6.07 Å². The molecule has 0 unspecified atom stereocenters. The van der Waals surface area contributed by atoms with Gasteiger partial charge >= 0.3 is 0 Å². The molecule has 0 spiro atoms. The van der Waals surface area contributed by atoms with E-state index < -0.39 is 6.23 Å². The number of ether oxygens (including phenoxy) is 2. The Morgan fingerprint density at radius 3 is 2.69 bits per heavy atom. The third-order valence-electron chi connectivity index (χ3n) is 5.28. The van der Waals surface area contributed by atoms with E-state index in [0.717, 1.165) is 46.3 Å². The molecule has 5 nitrogen and oxygen atoms in total. The monoisotopic (exact) mass is 408 g/mol. The zero-order chi connectivity index (χ0) is 20.0. The third-order valence-corrected chi connectivity index (χ3v) is 5.62. The van der Waals surface area contributed by atoms with Gasteiger partial charge in [0, 0.05) is 22.6 Å². The van der Waals surface area contributed by atoms with E-state index in [9.17, 15) is 0 Å². The average molecular weight is 409 g/mol. The van der Waals surface area contributed by atoms with Gasteiger partial charge in [-0.15, -0.1) is 0 Å². The van der Waals surface area contributed by atoms with Gasteiger partial charge in [-0.1, -0.05) is 41.9 Å². The highest BCUT2D eigenvalue weighted by Crippen LogP contribution is 2.51. The molecule has 3 heterocycles. The number of aryl methyl sites for hydroxylation is 1. The van der Waals surface area contributed by atoms with E-state index in [1.165, 1.54) is 0 Å². The van der Waals surface area contributed by atoms with Crippen LogP contribution in [0.5, 0.6) is 11.5 Å². The van der Waals surface area contributed by atoms with Gasteiger partial charge < -0.3 is 13.9 Å². The van der Waals surface area contributed by atoms with E-state index in [1.54, 1.807) is 0 Å². The largest absolute Gasteiger partial charge is 0.490 e. The van der Waals surface area contributed by atoms with Gasteiger partial charge in [-0.05, 0) is 38.1 Å². The van der Waals surface area contributed by atoms with E-state index in [4.69, 9.17) is 30.6 Å². The Labute approximate surface area is 174 Å². The number of hydrogen-bond acceptors (Lipinski definition) is 5. The Hall–Kier alpha value is -2.92. The number of fused-ring (bicyclic) bond motifs is 3. The lowest BCUT2D eigenvalue weighted by Gasteiger charge is -2.39. The van der Waals surface area contributed by atoms with Crippen molar-refractivity contribution in [1.82, 2.24) is 5.01 Å². The maximum absolute atomic E-state index is 6.53. The number of benzene rings is 2. The van der Waals surface area contributed by atoms with Crippen molar-refractivity contribution in [3.63, 3.8) is 0 Å². The van der Waals surface area contributed by atoms with Crippen molar-refractivity contribution in [2.24, 2.45) is 5.10 Å². The summed E-state index contributed by atoms with van der Waals surface area (Å²) in [4.78, 5) is 0. The Bertz CT molecular complexity index is 1090. The molecule has 0 amide bonds. The molecule has 1 aromatic heterocycles. The molecule has 0 aliphatic carbocycles. The minimum Gasteiger partial charge on any atom is -0.490 e. The molecule has 6 heteroatoms. The van der Waals surface area contributed by atoms with Crippen molar-refractivity contribution < 1.29 is 13.9 Å². The Balaban J connectivity index is 1.63. The fraction of sp³-hybridized carbons (Fsp3) is 0.261. The lowest BCUT2D eigenvalue weighted by Crippen LogP contribution is -2.34. The first-order valence-electron chi connectivity index (χ1n) is 9.75. The van der Waals surface area contributed by atoms with Gasteiger partial charge in [-0.2, -0.15) is 5.10 Å². The first-order chi connectivity index (χ1) is 14.2. The van der Waals surface area contributed by atoms with Gasteiger partial charge in [0.1, 0.15) is 17.2 Å². The van der Waals surface area contributed by atoms with Crippen LogP contribution in [0.15, 0.2) is 64.1 Å². The second-order valence-corrected chi connectivity index (χ2v) is 7.56. The second-order valence-electron chi connectivity index (χ2n) is 7.16. The average Bonchev–Trinajstić information content (AvgIpc) is 3.35. The summed E-state index contributed by atoms with van der Waals surface area (Å²) in [5.41, 5.74) is 2.83. The lowest BCUT2D eigenvalue weighted by atomic mass is 9.97. The summed E-state index contributed by atoms with van der Waals surface area (Å²) in [6, 6.07) is 17.7. The van der Waals surface area contributed by atoms with Crippen LogP contribution in [-0.2, 0) is 0 Å². The highest BCUT2D eigenvalue weighted by molar-refractivity contribution is 6.31. The third kappa shape index (κ3) is 3.06. The van der Waals surface area contributed by atoms with E-state index >= 15 is 0 Å². The summed E-state index contributed by atoms with van der Waals surface area (Å²) in [6.45, 7) is 4.47.